The lowest BCUT2D eigenvalue weighted by Gasteiger charge is -2.26. The van der Waals surface area contributed by atoms with Crippen LogP contribution in [-0.4, -0.2) is 45.4 Å². The van der Waals surface area contributed by atoms with Gasteiger partial charge in [0.1, 0.15) is 0 Å². The minimum atomic E-state index is -2.85. The number of sulfone groups is 1. The molecule has 0 aliphatic carbocycles. The molecule has 1 saturated heterocycles. The van der Waals surface area contributed by atoms with Crippen LogP contribution in [-0.2, 0) is 14.6 Å². The van der Waals surface area contributed by atoms with Gasteiger partial charge in [-0.1, -0.05) is 6.92 Å². The third-order valence-electron chi connectivity index (χ3n) is 3.59. The smallest absolute Gasteiger partial charge is 0.150 e. The van der Waals surface area contributed by atoms with E-state index in [4.69, 9.17) is 4.74 Å². The number of aliphatic hydroxyl groups excluding tert-OH is 1. The van der Waals surface area contributed by atoms with Crippen LogP contribution < -0.4 is 0 Å². The van der Waals surface area contributed by atoms with Crippen molar-refractivity contribution in [3.05, 3.63) is 0 Å². The van der Waals surface area contributed by atoms with Crippen LogP contribution in [0.5, 0.6) is 0 Å². The molecule has 0 amide bonds. The normalized spacial score (nSPS) is 27.8. The Hall–Kier alpha value is -0.130. The van der Waals surface area contributed by atoms with Crippen molar-refractivity contribution in [2.75, 3.05) is 31.8 Å². The molecule has 0 radical (unpaired) electrons. The van der Waals surface area contributed by atoms with Crippen LogP contribution in [0.15, 0.2) is 0 Å². The minimum absolute atomic E-state index is 0.0745. The monoisotopic (exact) mass is 250 g/mol. The first-order valence-electron chi connectivity index (χ1n) is 5.80. The summed E-state index contributed by atoms with van der Waals surface area (Å²) in [6, 6.07) is 0. The molecule has 96 valence electrons. The summed E-state index contributed by atoms with van der Waals surface area (Å²) < 4.78 is 27.8. The van der Waals surface area contributed by atoms with Crippen molar-refractivity contribution in [2.24, 2.45) is 17.8 Å². The molecule has 3 unspecified atom stereocenters. The Bertz CT molecular complexity index is 299. The highest BCUT2D eigenvalue weighted by atomic mass is 32.2. The van der Waals surface area contributed by atoms with E-state index in [-0.39, 0.29) is 29.9 Å². The van der Waals surface area contributed by atoms with E-state index in [1.54, 1.807) is 7.11 Å². The predicted octanol–water partition coefficient (Wildman–Crippen LogP) is 0.702. The molecule has 1 aliphatic heterocycles. The van der Waals surface area contributed by atoms with E-state index >= 15 is 0 Å². The number of ether oxygens (including phenoxy) is 1. The first kappa shape index (κ1) is 13.9. The molecule has 0 spiro atoms. The zero-order valence-electron chi connectivity index (χ0n) is 10.1. The number of hydrogen-bond acceptors (Lipinski definition) is 4. The molecule has 3 atom stereocenters. The highest BCUT2D eigenvalue weighted by molar-refractivity contribution is 7.91. The third-order valence-corrected chi connectivity index (χ3v) is 5.39. The van der Waals surface area contributed by atoms with Crippen molar-refractivity contribution in [3.63, 3.8) is 0 Å². The topological polar surface area (TPSA) is 63.6 Å². The van der Waals surface area contributed by atoms with E-state index in [1.165, 1.54) is 0 Å². The second-order valence-corrected chi connectivity index (χ2v) is 7.00. The lowest BCUT2D eigenvalue weighted by molar-refractivity contribution is 0.106. The maximum Gasteiger partial charge on any atom is 0.150 e. The van der Waals surface area contributed by atoms with E-state index in [9.17, 15) is 13.5 Å². The number of rotatable bonds is 6. The zero-order valence-corrected chi connectivity index (χ0v) is 10.9. The fraction of sp³-hybridized carbons (Fsp3) is 1.00. The number of methoxy groups -OCH3 is 1. The van der Waals surface area contributed by atoms with E-state index < -0.39 is 9.84 Å². The molecule has 1 N–H and O–H groups in total. The summed E-state index contributed by atoms with van der Waals surface area (Å²) in [6.45, 7) is 2.80. The summed E-state index contributed by atoms with van der Waals surface area (Å²) in [5, 5.41) is 9.39. The predicted molar refractivity (Wildman–Crippen MR) is 63.0 cm³/mol. The van der Waals surface area contributed by atoms with Gasteiger partial charge in [-0.05, 0) is 30.6 Å². The first-order chi connectivity index (χ1) is 7.50. The molecule has 0 aromatic heterocycles. The SMILES string of the molecule is COCCC(C)C(CO)C1CCS(=O)(=O)C1. The highest BCUT2D eigenvalue weighted by Gasteiger charge is 2.35. The molecule has 1 heterocycles. The van der Waals surface area contributed by atoms with Gasteiger partial charge in [-0.2, -0.15) is 0 Å². The summed E-state index contributed by atoms with van der Waals surface area (Å²) in [5.41, 5.74) is 0. The van der Waals surface area contributed by atoms with Crippen LogP contribution in [0.3, 0.4) is 0 Å². The van der Waals surface area contributed by atoms with Gasteiger partial charge in [-0.3, -0.25) is 0 Å². The lowest BCUT2D eigenvalue weighted by Crippen LogP contribution is -2.27. The van der Waals surface area contributed by atoms with Crippen molar-refractivity contribution in [3.8, 4) is 0 Å². The molecular formula is C11H22O4S. The standard InChI is InChI=1S/C11H22O4S/c1-9(3-5-15-2)11(7-12)10-4-6-16(13,14)8-10/h9-12H,3-8H2,1-2H3. The highest BCUT2D eigenvalue weighted by Crippen LogP contribution is 2.32. The Morgan fingerprint density at radius 3 is 2.62 bits per heavy atom. The quantitative estimate of drug-likeness (QED) is 0.754. The molecule has 1 fully saturated rings. The first-order valence-corrected chi connectivity index (χ1v) is 7.62. The molecule has 5 heteroatoms. The fourth-order valence-corrected chi connectivity index (χ4v) is 4.37. The van der Waals surface area contributed by atoms with E-state index in [0.717, 1.165) is 6.42 Å². The Morgan fingerprint density at radius 2 is 2.19 bits per heavy atom. The van der Waals surface area contributed by atoms with Crippen molar-refractivity contribution >= 4 is 9.84 Å². The molecule has 16 heavy (non-hydrogen) atoms. The summed E-state index contributed by atoms with van der Waals surface area (Å²) in [7, 11) is -1.19. The van der Waals surface area contributed by atoms with Crippen LogP contribution in [0.1, 0.15) is 19.8 Å². The minimum Gasteiger partial charge on any atom is -0.396 e. The lowest BCUT2D eigenvalue weighted by atomic mass is 9.81. The largest absolute Gasteiger partial charge is 0.396 e. The Kier molecular flexibility index (Phi) is 5.21. The van der Waals surface area contributed by atoms with Crippen LogP contribution in [0.4, 0.5) is 0 Å². The average Bonchev–Trinajstić information content (AvgIpc) is 2.57. The Labute approximate surface area is 97.9 Å². The summed E-state index contributed by atoms with van der Waals surface area (Å²) in [4.78, 5) is 0. The van der Waals surface area contributed by atoms with Gasteiger partial charge in [0.2, 0.25) is 0 Å². The second kappa shape index (κ2) is 5.98. The average molecular weight is 250 g/mol. The van der Waals surface area contributed by atoms with Crippen LogP contribution >= 0.6 is 0 Å². The van der Waals surface area contributed by atoms with Crippen molar-refractivity contribution in [1.82, 2.24) is 0 Å². The van der Waals surface area contributed by atoms with Gasteiger partial charge < -0.3 is 9.84 Å². The van der Waals surface area contributed by atoms with Gasteiger partial charge in [0.25, 0.3) is 0 Å². The Morgan fingerprint density at radius 1 is 1.50 bits per heavy atom. The second-order valence-electron chi connectivity index (χ2n) is 4.77. The van der Waals surface area contributed by atoms with Gasteiger partial charge in [0, 0.05) is 20.3 Å². The van der Waals surface area contributed by atoms with E-state index in [1.807, 2.05) is 0 Å². The van der Waals surface area contributed by atoms with Gasteiger partial charge in [0.15, 0.2) is 9.84 Å². The number of hydrogen-bond donors (Lipinski definition) is 1. The molecule has 1 rings (SSSR count). The van der Waals surface area contributed by atoms with E-state index in [2.05, 4.69) is 6.92 Å². The van der Waals surface area contributed by atoms with Crippen LogP contribution in [0, 0.1) is 17.8 Å². The van der Waals surface area contributed by atoms with Gasteiger partial charge >= 0.3 is 0 Å². The van der Waals surface area contributed by atoms with Crippen molar-refractivity contribution in [1.29, 1.82) is 0 Å². The zero-order chi connectivity index (χ0) is 12.2. The molecule has 4 nitrogen and oxygen atoms in total. The maximum atomic E-state index is 11.4. The summed E-state index contributed by atoms with van der Waals surface area (Å²) in [5.74, 6) is 1.05. The van der Waals surface area contributed by atoms with Crippen LogP contribution in [0.25, 0.3) is 0 Å². The van der Waals surface area contributed by atoms with Crippen LogP contribution in [0.2, 0.25) is 0 Å². The summed E-state index contributed by atoms with van der Waals surface area (Å²) in [6.07, 6.45) is 1.57. The Balaban J connectivity index is 2.54. The van der Waals surface area contributed by atoms with Gasteiger partial charge in [-0.15, -0.1) is 0 Å². The van der Waals surface area contributed by atoms with Gasteiger partial charge in [-0.25, -0.2) is 8.42 Å². The summed E-state index contributed by atoms with van der Waals surface area (Å²) >= 11 is 0. The van der Waals surface area contributed by atoms with Crippen molar-refractivity contribution in [2.45, 2.75) is 19.8 Å². The third kappa shape index (κ3) is 3.71. The maximum absolute atomic E-state index is 11.4. The van der Waals surface area contributed by atoms with Gasteiger partial charge in [0.05, 0.1) is 11.5 Å². The fourth-order valence-electron chi connectivity index (χ4n) is 2.47. The molecule has 0 aromatic rings. The molecule has 0 aromatic carbocycles. The molecule has 0 bridgehead atoms. The molecular weight excluding hydrogens is 228 g/mol. The van der Waals surface area contributed by atoms with Crippen molar-refractivity contribution < 1.29 is 18.3 Å². The number of aliphatic hydroxyl groups is 1. The van der Waals surface area contributed by atoms with E-state index in [0.29, 0.717) is 18.9 Å². The molecule has 1 aliphatic rings. The molecule has 0 saturated carbocycles.